The quantitative estimate of drug-likeness (QED) is 0.693. The average Bonchev–Trinajstić information content (AvgIpc) is 3.08. The van der Waals surface area contributed by atoms with Crippen LogP contribution in [0.5, 0.6) is 0 Å². The molecule has 29 heavy (non-hydrogen) atoms. The number of anilines is 1. The highest BCUT2D eigenvalue weighted by atomic mass is 19.1. The number of carboxylic acids is 1. The van der Waals surface area contributed by atoms with Crippen molar-refractivity contribution in [1.29, 1.82) is 0 Å². The predicted octanol–water partition coefficient (Wildman–Crippen LogP) is 2.04. The van der Waals surface area contributed by atoms with E-state index in [2.05, 4.69) is 4.98 Å². The molecule has 0 bridgehead atoms. The largest absolute Gasteiger partial charge is 0.477 e. The second kappa shape index (κ2) is 6.89. The molecule has 3 heterocycles. The minimum atomic E-state index is -1.56. The van der Waals surface area contributed by atoms with E-state index >= 15 is 0 Å². The van der Waals surface area contributed by atoms with Crippen LogP contribution in [0.25, 0.3) is 16.7 Å². The third-order valence-corrected chi connectivity index (χ3v) is 4.84. The molecule has 1 aliphatic heterocycles. The zero-order valence-electron chi connectivity index (χ0n) is 14.9. The lowest BCUT2D eigenvalue weighted by Crippen LogP contribution is -2.33. The monoisotopic (exact) mass is 404 g/mol. The summed E-state index contributed by atoms with van der Waals surface area (Å²) in [6, 6.07) is 3.28. The Bertz CT molecular complexity index is 1210. The van der Waals surface area contributed by atoms with Gasteiger partial charge in [-0.1, -0.05) is 0 Å². The molecular formula is C19H15F3N4O3. The summed E-state index contributed by atoms with van der Waals surface area (Å²) in [6.45, 7) is 0.533. The van der Waals surface area contributed by atoms with E-state index < -0.39 is 34.4 Å². The van der Waals surface area contributed by atoms with Crippen molar-refractivity contribution in [3.05, 3.63) is 63.7 Å². The Morgan fingerprint density at radius 2 is 1.97 bits per heavy atom. The number of carboxylic acid groups (broad SMARTS) is 1. The maximum absolute atomic E-state index is 14.7. The summed E-state index contributed by atoms with van der Waals surface area (Å²) < 4.78 is 43.0. The van der Waals surface area contributed by atoms with Gasteiger partial charge < -0.3 is 15.7 Å². The number of aromatic carboxylic acids is 1. The molecule has 1 aliphatic rings. The number of rotatable bonds is 3. The number of nitrogens with two attached hydrogens (primary N) is 1. The van der Waals surface area contributed by atoms with Crippen LogP contribution in [-0.4, -0.2) is 39.8 Å². The highest BCUT2D eigenvalue weighted by Gasteiger charge is 2.31. The van der Waals surface area contributed by atoms with Gasteiger partial charge in [0.25, 0.3) is 0 Å². The van der Waals surface area contributed by atoms with Crippen LogP contribution in [0.15, 0.2) is 35.3 Å². The van der Waals surface area contributed by atoms with Crippen molar-refractivity contribution in [2.75, 3.05) is 18.0 Å². The Balaban J connectivity index is 2.20. The van der Waals surface area contributed by atoms with Crippen LogP contribution in [0.4, 0.5) is 19.0 Å². The minimum absolute atomic E-state index is 0.132. The lowest BCUT2D eigenvalue weighted by molar-refractivity contribution is 0.0696. The van der Waals surface area contributed by atoms with Crippen LogP contribution in [0, 0.1) is 17.5 Å². The van der Waals surface area contributed by atoms with Gasteiger partial charge in [0.15, 0.2) is 0 Å². The Labute approximate surface area is 161 Å². The highest BCUT2D eigenvalue weighted by Crippen LogP contribution is 2.31. The van der Waals surface area contributed by atoms with Gasteiger partial charge in [-0.15, -0.1) is 0 Å². The van der Waals surface area contributed by atoms with Gasteiger partial charge in [-0.3, -0.25) is 9.36 Å². The van der Waals surface area contributed by atoms with Crippen LogP contribution in [0.3, 0.4) is 0 Å². The number of aromatic nitrogens is 2. The first kappa shape index (κ1) is 18.9. The van der Waals surface area contributed by atoms with Crippen LogP contribution >= 0.6 is 0 Å². The van der Waals surface area contributed by atoms with E-state index in [1.54, 1.807) is 4.90 Å². The molecule has 1 saturated heterocycles. The lowest BCUT2D eigenvalue weighted by Gasteiger charge is -2.26. The van der Waals surface area contributed by atoms with Gasteiger partial charge in [0.05, 0.1) is 17.3 Å². The van der Waals surface area contributed by atoms with Gasteiger partial charge in [-0.2, -0.15) is 0 Å². The number of pyridine rings is 2. The molecular weight excluding hydrogens is 389 g/mol. The maximum Gasteiger partial charge on any atom is 0.343 e. The van der Waals surface area contributed by atoms with Crippen molar-refractivity contribution in [1.82, 2.24) is 9.55 Å². The van der Waals surface area contributed by atoms with Gasteiger partial charge in [-0.05, 0) is 24.6 Å². The van der Waals surface area contributed by atoms with E-state index in [0.29, 0.717) is 19.0 Å². The Morgan fingerprint density at radius 3 is 2.59 bits per heavy atom. The topological polar surface area (TPSA) is 101 Å². The molecule has 3 N–H and O–H groups in total. The second-order valence-corrected chi connectivity index (χ2v) is 6.78. The van der Waals surface area contributed by atoms with Gasteiger partial charge in [-0.25, -0.2) is 22.9 Å². The fourth-order valence-electron chi connectivity index (χ4n) is 3.59. The van der Waals surface area contributed by atoms with Crippen molar-refractivity contribution in [2.24, 2.45) is 5.73 Å². The molecule has 0 amide bonds. The molecule has 10 heteroatoms. The number of fused-ring (bicyclic) bond motifs is 1. The van der Waals surface area contributed by atoms with Gasteiger partial charge >= 0.3 is 5.97 Å². The lowest BCUT2D eigenvalue weighted by atomic mass is 10.1. The van der Waals surface area contributed by atoms with Crippen molar-refractivity contribution in [3.8, 4) is 5.69 Å². The molecule has 3 aromatic rings. The molecule has 150 valence electrons. The molecule has 2 aromatic heterocycles. The Hall–Kier alpha value is -3.40. The van der Waals surface area contributed by atoms with E-state index in [4.69, 9.17) is 5.73 Å². The van der Waals surface area contributed by atoms with E-state index in [0.717, 1.165) is 29.0 Å². The molecule has 0 saturated carbocycles. The average molecular weight is 404 g/mol. The van der Waals surface area contributed by atoms with Gasteiger partial charge in [0, 0.05) is 25.2 Å². The van der Waals surface area contributed by atoms with Crippen LogP contribution in [-0.2, 0) is 0 Å². The molecule has 1 unspecified atom stereocenters. The summed E-state index contributed by atoms with van der Waals surface area (Å²) in [6.07, 6.45) is 1.35. The van der Waals surface area contributed by atoms with Crippen molar-refractivity contribution >= 4 is 22.8 Å². The first-order chi connectivity index (χ1) is 13.8. The molecule has 1 fully saturated rings. The van der Waals surface area contributed by atoms with E-state index in [1.807, 2.05) is 0 Å². The summed E-state index contributed by atoms with van der Waals surface area (Å²) in [4.78, 5) is 30.3. The molecule has 0 spiro atoms. The van der Waals surface area contributed by atoms with Crippen molar-refractivity contribution < 1.29 is 23.1 Å². The number of nitrogens with zero attached hydrogens (tertiary/aromatic N) is 3. The molecule has 7 nitrogen and oxygen atoms in total. The predicted molar refractivity (Wildman–Crippen MR) is 99.0 cm³/mol. The number of hydrogen-bond acceptors (Lipinski definition) is 5. The smallest absolute Gasteiger partial charge is 0.343 e. The summed E-state index contributed by atoms with van der Waals surface area (Å²) in [5.74, 6) is -4.38. The molecule has 1 atom stereocenters. The molecule has 0 aliphatic carbocycles. The molecule has 0 radical (unpaired) electrons. The summed E-state index contributed by atoms with van der Waals surface area (Å²) in [5.41, 5.74) is 3.94. The number of carbonyl (C=O) groups is 1. The van der Waals surface area contributed by atoms with E-state index in [9.17, 15) is 27.9 Å². The zero-order valence-corrected chi connectivity index (χ0v) is 14.9. The van der Waals surface area contributed by atoms with Gasteiger partial charge in [0.1, 0.15) is 34.5 Å². The van der Waals surface area contributed by atoms with E-state index in [1.165, 1.54) is 0 Å². The first-order valence-electron chi connectivity index (χ1n) is 8.71. The minimum Gasteiger partial charge on any atom is -0.477 e. The van der Waals surface area contributed by atoms with Gasteiger partial charge in [0.2, 0.25) is 5.43 Å². The summed E-state index contributed by atoms with van der Waals surface area (Å²) in [7, 11) is 0. The summed E-state index contributed by atoms with van der Waals surface area (Å²) in [5, 5.41) is 9.41. The SMILES string of the molecule is NC1CCN(c2c(C(=O)O)c(=O)c3cc(F)cnc3n2-c2ccc(F)cc2F)C1. The third kappa shape index (κ3) is 3.11. The van der Waals surface area contributed by atoms with Crippen molar-refractivity contribution in [3.63, 3.8) is 0 Å². The Morgan fingerprint density at radius 1 is 1.21 bits per heavy atom. The Kier molecular flexibility index (Phi) is 4.50. The van der Waals surface area contributed by atoms with Crippen LogP contribution < -0.4 is 16.1 Å². The first-order valence-corrected chi connectivity index (χ1v) is 8.71. The number of benzene rings is 1. The van der Waals surface area contributed by atoms with E-state index in [-0.39, 0.29) is 35.1 Å². The normalized spacial score (nSPS) is 16.6. The fourth-order valence-corrected chi connectivity index (χ4v) is 3.59. The van der Waals surface area contributed by atoms with Crippen LogP contribution in [0.1, 0.15) is 16.8 Å². The fraction of sp³-hybridized carbons (Fsp3) is 0.211. The molecule has 4 rings (SSSR count). The highest BCUT2D eigenvalue weighted by molar-refractivity contribution is 5.98. The maximum atomic E-state index is 14.7. The zero-order chi connectivity index (χ0) is 20.9. The second-order valence-electron chi connectivity index (χ2n) is 6.78. The van der Waals surface area contributed by atoms with Crippen molar-refractivity contribution in [2.45, 2.75) is 12.5 Å². The number of halogens is 3. The standard InChI is InChI=1S/C19H15F3N4O3/c20-9-1-2-14(13(22)6-9)26-17-12(5-10(21)7-24-17)16(27)15(19(28)29)18(26)25-4-3-11(23)8-25/h1-2,5-7,11H,3-4,8,23H2,(H,28,29). The molecule has 1 aromatic carbocycles. The summed E-state index contributed by atoms with van der Waals surface area (Å²) >= 11 is 0. The third-order valence-electron chi connectivity index (χ3n) is 4.84. The number of hydrogen-bond donors (Lipinski definition) is 2. The van der Waals surface area contributed by atoms with Crippen LogP contribution in [0.2, 0.25) is 0 Å².